The molecule has 2 heterocycles. The number of nitrogens with one attached hydrogen (secondary N) is 1. The largest absolute Gasteiger partial charge is 0.306 e. The summed E-state index contributed by atoms with van der Waals surface area (Å²) in [6.07, 6.45) is 3.80. The molecule has 1 unspecified atom stereocenters. The number of aromatic nitrogens is 1. The van der Waals surface area contributed by atoms with Gasteiger partial charge in [-0.2, -0.15) is 0 Å². The highest BCUT2D eigenvalue weighted by molar-refractivity contribution is 7.10. The van der Waals surface area contributed by atoms with E-state index in [4.69, 9.17) is 0 Å². The molecule has 0 aliphatic rings. The Kier molecular flexibility index (Phi) is 3.92. The average Bonchev–Trinajstić information content (AvgIpc) is 2.74. The smallest absolute Gasteiger partial charge is 0.0588 e. The molecule has 1 N–H and O–H groups in total. The fourth-order valence-electron chi connectivity index (χ4n) is 2.03. The molecule has 90 valence electrons. The molecule has 17 heavy (non-hydrogen) atoms. The molecule has 0 aliphatic carbocycles. The number of aryl methyl sites for hydroxylation is 2. The van der Waals surface area contributed by atoms with E-state index in [9.17, 15) is 0 Å². The number of nitrogens with zero attached hydrogens (tertiary/aromatic N) is 1. The Morgan fingerprint density at radius 2 is 2.24 bits per heavy atom. The van der Waals surface area contributed by atoms with Crippen LogP contribution in [0, 0.1) is 13.8 Å². The van der Waals surface area contributed by atoms with Crippen molar-refractivity contribution in [1.82, 2.24) is 10.3 Å². The Labute approximate surface area is 107 Å². The van der Waals surface area contributed by atoms with Crippen LogP contribution in [-0.2, 0) is 0 Å². The number of thiophene rings is 1. The highest BCUT2D eigenvalue weighted by atomic mass is 32.1. The SMILES string of the molecule is CCNC(c1csc(C)c1)c1ccncc1C. The third kappa shape index (κ3) is 2.73. The van der Waals surface area contributed by atoms with E-state index >= 15 is 0 Å². The van der Waals surface area contributed by atoms with Gasteiger partial charge in [0, 0.05) is 17.3 Å². The third-order valence-electron chi connectivity index (χ3n) is 2.87. The molecule has 2 aromatic rings. The van der Waals surface area contributed by atoms with Crippen LogP contribution in [0.1, 0.15) is 34.5 Å². The van der Waals surface area contributed by atoms with Crippen LogP contribution in [0.3, 0.4) is 0 Å². The molecule has 0 saturated heterocycles. The zero-order chi connectivity index (χ0) is 12.3. The second kappa shape index (κ2) is 5.43. The first kappa shape index (κ1) is 12.3. The number of rotatable bonds is 4. The van der Waals surface area contributed by atoms with Crippen LogP contribution in [0.5, 0.6) is 0 Å². The summed E-state index contributed by atoms with van der Waals surface area (Å²) in [6, 6.07) is 4.65. The molecular weight excluding hydrogens is 228 g/mol. The number of hydrogen-bond acceptors (Lipinski definition) is 3. The van der Waals surface area contributed by atoms with Crippen molar-refractivity contribution in [3.63, 3.8) is 0 Å². The molecule has 3 heteroatoms. The van der Waals surface area contributed by atoms with Crippen LogP contribution >= 0.6 is 11.3 Å². The topological polar surface area (TPSA) is 24.9 Å². The fourth-order valence-corrected chi connectivity index (χ4v) is 2.76. The van der Waals surface area contributed by atoms with Crippen LogP contribution in [0.15, 0.2) is 29.9 Å². The van der Waals surface area contributed by atoms with Crippen LogP contribution in [-0.4, -0.2) is 11.5 Å². The monoisotopic (exact) mass is 246 g/mol. The van der Waals surface area contributed by atoms with Gasteiger partial charge in [0.25, 0.3) is 0 Å². The van der Waals surface area contributed by atoms with Crippen LogP contribution in [0.25, 0.3) is 0 Å². The molecule has 0 aliphatic heterocycles. The minimum atomic E-state index is 0.285. The second-order valence-corrected chi connectivity index (χ2v) is 5.33. The quantitative estimate of drug-likeness (QED) is 0.893. The van der Waals surface area contributed by atoms with E-state index in [0.717, 1.165) is 6.54 Å². The summed E-state index contributed by atoms with van der Waals surface area (Å²) in [4.78, 5) is 5.52. The Hall–Kier alpha value is -1.19. The maximum atomic E-state index is 4.16. The van der Waals surface area contributed by atoms with Gasteiger partial charge in [0.2, 0.25) is 0 Å². The summed E-state index contributed by atoms with van der Waals surface area (Å²) in [7, 11) is 0. The summed E-state index contributed by atoms with van der Waals surface area (Å²) >= 11 is 1.80. The Morgan fingerprint density at radius 3 is 2.82 bits per heavy atom. The van der Waals surface area contributed by atoms with Crippen molar-refractivity contribution in [2.45, 2.75) is 26.8 Å². The summed E-state index contributed by atoms with van der Waals surface area (Å²) in [6.45, 7) is 7.37. The predicted molar refractivity (Wildman–Crippen MR) is 73.5 cm³/mol. The van der Waals surface area contributed by atoms with E-state index in [1.165, 1.54) is 21.6 Å². The maximum Gasteiger partial charge on any atom is 0.0588 e. The summed E-state index contributed by atoms with van der Waals surface area (Å²) in [5.41, 5.74) is 3.91. The zero-order valence-corrected chi connectivity index (χ0v) is 11.3. The highest BCUT2D eigenvalue weighted by Crippen LogP contribution is 2.27. The summed E-state index contributed by atoms with van der Waals surface area (Å²) < 4.78 is 0. The standard InChI is InChI=1S/C14H18N2S/c1-4-16-14(12-7-11(3)17-9-12)13-5-6-15-8-10(13)2/h5-9,14,16H,4H2,1-3H3. The van der Waals surface area contributed by atoms with Gasteiger partial charge in [-0.25, -0.2) is 0 Å². The lowest BCUT2D eigenvalue weighted by atomic mass is 9.98. The van der Waals surface area contributed by atoms with E-state index in [0.29, 0.717) is 0 Å². The van der Waals surface area contributed by atoms with Crippen LogP contribution < -0.4 is 5.32 Å². The van der Waals surface area contributed by atoms with E-state index < -0.39 is 0 Å². The lowest BCUT2D eigenvalue weighted by molar-refractivity contribution is 0.628. The molecule has 0 fully saturated rings. The molecule has 0 spiro atoms. The van der Waals surface area contributed by atoms with Gasteiger partial charge < -0.3 is 5.32 Å². The van der Waals surface area contributed by atoms with E-state index in [1.807, 2.05) is 12.4 Å². The van der Waals surface area contributed by atoms with Crippen molar-refractivity contribution in [1.29, 1.82) is 0 Å². The van der Waals surface area contributed by atoms with Gasteiger partial charge in [-0.1, -0.05) is 6.92 Å². The first-order valence-corrected chi connectivity index (χ1v) is 6.79. The Bertz CT molecular complexity index is 490. The van der Waals surface area contributed by atoms with E-state index in [1.54, 1.807) is 11.3 Å². The molecule has 1 atom stereocenters. The Balaban J connectivity index is 2.39. The van der Waals surface area contributed by atoms with Crippen molar-refractivity contribution >= 4 is 11.3 Å². The number of pyridine rings is 1. The van der Waals surface area contributed by atoms with Gasteiger partial charge >= 0.3 is 0 Å². The van der Waals surface area contributed by atoms with E-state index in [2.05, 4.69) is 48.6 Å². The normalized spacial score (nSPS) is 12.6. The zero-order valence-electron chi connectivity index (χ0n) is 10.5. The first-order chi connectivity index (χ1) is 8.22. The van der Waals surface area contributed by atoms with Gasteiger partial charge in [-0.3, -0.25) is 4.98 Å². The van der Waals surface area contributed by atoms with Gasteiger partial charge in [0.1, 0.15) is 0 Å². The second-order valence-electron chi connectivity index (χ2n) is 4.21. The van der Waals surface area contributed by atoms with E-state index in [-0.39, 0.29) is 6.04 Å². The minimum absolute atomic E-state index is 0.285. The molecule has 0 aromatic carbocycles. The molecule has 2 aromatic heterocycles. The highest BCUT2D eigenvalue weighted by Gasteiger charge is 2.15. The molecule has 0 saturated carbocycles. The van der Waals surface area contributed by atoms with Crippen LogP contribution in [0.2, 0.25) is 0 Å². The van der Waals surface area contributed by atoms with Gasteiger partial charge in [-0.05, 0) is 54.6 Å². The summed E-state index contributed by atoms with van der Waals surface area (Å²) in [5.74, 6) is 0. The molecule has 0 amide bonds. The minimum Gasteiger partial charge on any atom is -0.306 e. The third-order valence-corrected chi connectivity index (χ3v) is 3.75. The number of hydrogen-bond donors (Lipinski definition) is 1. The van der Waals surface area contributed by atoms with Crippen molar-refractivity contribution in [2.24, 2.45) is 0 Å². The van der Waals surface area contributed by atoms with Crippen molar-refractivity contribution in [3.05, 3.63) is 51.5 Å². The fraction of sp³-hybridized carbons (Fsp3) is 0.357. The lowest BCUT2D eigenvalue weighted by Gasteiger charge is -2.19. The van der Waals surface area contributed by atoms with Gasteiger partial charge in [-0.15, -0.1) is 11.3 Å². The Morgan fingerprint density at radius 1 is 1.41 bits per heavy atom. The summed E-state index contributed by atoms with van der Waals surface area (Å²) in [5, 5.41) is 5.79. The van der Waals surface area contributed by atoms with Crippen molar-refractivity contribution < 1.29 is 0 Å². The van der Waals surface area contributed by atoms with Crippen molar-refractivity contribution in [3.8, 4) is 0 Å². The van der Waals surface area contributed by atoms with Gasteiger partial charge in [0.05, 0.1) is 6.04 Å². The average molecular weight is 246 g/mol. The molecule has 0 radical (unpaired) electrons. The molecule has 2 rings (SSSR count). The first-order valence-electron chi connectivity index (χ1n) is 5.91. The lowest BCUT2D eigenvalue weighted by Crippen LogP contribution is -2.22. The molecule has 0 bridgehead atoms. The van der Waals surface area contributed by atoms with Gasteiger partial charge in [0.15, 0.2) is 0 Å². The van der Waals surface area contributed by atoms with Crippen LogP contribution in [0.4, 0.5) is 0 Å². The molecular formula is C14H18N2S. The molecule has 2 nitrogen and oxygen atoms in total. The predicted octanol–water partition coefficient (Wildman–Crippen LogP) is 3.46. The van der Waals surface area contributed by atoms with Crippen molar-refractivity contribution in [2.75, 3.05) is 6.54 Å². The maximum absolute atomic E-state index is 4.16.